The van der Waals surface area contributed by atoms with Crippen LogP contribution in [0.4, 0.5) is 5.69 Å². The first-order chi connectivity index (χ1) is 12.8. The van der Waals surface area contributed by atoms with Crippen LogP contribution in [-0.4, -0.2) is 74.5 Å². The van der Waals surface area contributed by atoms with Gasteiger partial charge in [-0.3, -0.25) is 14.9 Å². The summed E-state index contributed by atoms with van der Waals surface area (Å²) in [5.41, 5.74) is -0.502. The van der Waals surface area contributed by atoms with E-state index in [0.29, 0.717) is 26.3 Å². The normalized spacial score (nSPS) is 15.0. The highest BCUT2D eigenvalue weighted by atomic mass is 32.2. The van der Waals surface area contributed by atoms with Gasteiger partial charge in [0.1, 0.15) is 0 Å². The summed E-state index contributed by atoms with van der Waals surface area (Å²) in [6, 6.07) is 3.42. The third kappa shape index (κ3) is 4.93. The zero-order valence-corrected chi connectivity index (χ0v) is 16.1. The van der Waals surface area contributed by atoms with Crippen LogP contribution in [0.2, 0.25) is 0 Å². The second kappa shape index (κ2) is 9.11. The number of nitro groups is 1. The molecule has 1 aliphatic rings. The number of sulfonamides is 1. The van der Waals surface area contributed by atoms with Crippen molar-refractivity contribution in [3.05, 3.63) is 28.3 Å². The summed E-state index contributed by atoms with van der Waals surface area (Å²) in [5, 5.41) is 11.4. The summed E-state index contributed by atoms with van der Waals surface area (Å²) in [6.45, 7) is 5.24. The molecule has 1 amide bonds. The van der Waals surface area contributed by atoms with Gasteiger partial charge in [-0.25, -0.2) is 8.42 Å². The molecule has 11 heteroatoms. The SMILES string of the molecule is CCN(CC)S(=O)(=O)c1ccc(OCC(=O)N2CCOCC2)c([N+](=O)[O-])c1. The van der Waals surface area contributed by atoms with E-state index in [4.69, 9.17) is 9.47 Å². The Kier molecular flexibility index (Phi) is 7.11. The molecule has 150 valence electrons. The summed E-state index contributed by atoms with van der Waals surface area (Å²) in [6.07, 6.45) is 0. The first-order valence-corrected chi connectivity index (χ1v) is 10.0. The Bertz CT molecular complexity index is 787. The molecule has 27 heavy (non-hydrogen) atoms. The van der Waals surface area contributed by atoms with Crippen LogP contribution in [0.3, 0.4) is 0 Å². The molecule has 0 unspecified atom stereocenters. The summed E-state index contributed by atoms with van der Waals surface area (Å²) in [4.78, 5) is 24.1. The van der Waals surface area contributed by atoms with Gasteiger partial charge in [-0.2, -0.15) is 4.31 Å². The van der Waals surface area contributed by atoms with E-state index >= 15 is 0 Å². The number of hydrogen-bond acceptors (Lipinski definition) is 7. The number of nitro benzene ring substituents is 1. The van der Waals surface area contributed by atoms with Crippen LogP contribution in [0, 0.1) is 10.1 Å². The monoisotopic (exact) mass is 401 g/mol. The molecule has 2 rings (SSSR count). The fourth-order valence-corrected chi connectivity index (χ4v) is 4.16. The van der Waals surface area contributed by atoms with Gasteiger partial charge in [-0.05, 0) is 12.1 Å². The average Bonchev–Trinajstić information content (AvgIpc) is 2.67. The van der Waals surface area contributed by atoms with Crippen molar-refractivity contribution in [3.63, 3.8) is 0 Å². The number of morpholine rings is 1. The van der Waals surface area contributed by atoms with Gasteiger partial charge in [0.05, 0.1) is 23.0 Å². The molecular weight excluding hydrogens is 378 g/mol. The van der Waals surface area contributed by atoms with E-state index in [1.54, 1.807) is 18.7 Å². The van der Waals surface area contributed by atoms with Gasteiger partial charge in [-0.1, -0.05) is 13.8 Å². The minimum absolute atomic E-state index is 0.153. The van der Waals surface area contributed by atoms with Gasteiger partial charge in [0.25, 0.3) is 5.91 Å². The molecule has 0 bridgehead atoms. The molecule has 1 heterocycles. The molecular formula is C16H23N3O7S. The Hall–Kier alpha value is -2.24. The van der Waals surface area contributed by atoms with Crippen molar-refractivity contribution in [1.82, 2.24) is 9.21 Å². The molecule has 0 aromatic heterocycles. The highest BCUT2D eigenvalue weighted by Gasteiger charge is 2.27. The van der Waals surface area contributed by atoms with Crippen LogP contribution in [-0.2, 0) is 19.6 Å². The maximum absolute atomic E-state index is 12.5. The fourth-order valence-electron chi connectivity index (χ4n) is 2.68. The smallest absolute Gasteiger partial charge is 0.312 e. The van der Waals surface area contributed by atoms with E-state index in [-0.39, 0.29) is 36.2 Å². The van der Waals surface area contributed by atoms with E-state index in [1.807, 2.05) is 0 Å². The Labute approximate surface area is 157 Å². The third-order valence-electron chi connectivity index (χ3n) is 4.19. The third-order valence-corrected chi connectivity index (χ3v) is 6.23. The second-order valence-corrected chi connectivity index (χ2v) is 7.70. The van der Waals surface area contributed by atoms with E-state index < -0.39 is 20.6 Å². The summed E-state index contributed by atoms with van der Waals surface area (Å²) in [5.74, 6) is -0.465. The summed E-state index contributed by atoms with van der Waals surface area (Å²) in [7, 11) is -3.84. The van der Waals surface area contributed by atoms with Crippen molar-refractivity contribution in [2.75, 3.05) is 46.0 Å². The topological polar surface area (TPSA) is 119 Å². The van der Waals surface area contributed by atoms with Crippen molar-refractivity contribution < 1.29 is 27.6 Å². The van der Waals surface area contributed by atoms with Gasteiger partial charge in [0.15, 0.2) is 12.4 Å². The molecule has 1 fully saturated rings. The zero-order chi connectivity index (χ0) is 20.0. The number of carbonyl (C=O) groups is 1. The maximum Gasteiger partial charge on any atom is 0.312 e. The lowest BCUT2D eigenvalue weighted by Gasteiger charge is -2.26. The van der Waals surface area contributed by atoms with Crippen LogP contribution in [0.5, 0.6) is 5.75 Å². The first kappa shape index (κ1) is 21.1. The van der Waals surface area contributed by atoms with Crippen molar-refractivity contribution >= 4 is 21.6 Å². The van der Waals surface area contributed by atoms with Gasteiger partial charge >= 0.3 is 5.69 Å². The van der Waals surface area contributed by atoms with E-state index in [0.717, 1.165) is 6.07 Å². The van der Waals surface area contributed by atoms with E-state index in [9.17, 15) is 23.3 Å². The minimum atomic E-state index is -3.84. The molecule has 1 aromatic rings. The highest BCUT2D eigenvalue weighted by molar-refractivity contribution is 7.89. The minimum Gasteiger partial charge on any atom is -0.477 e. The van der Waals surface area contributed by atoms with Crippen LogP contribution in [0.15, 0.2) is 23.1 Å². The largest absolute Gasteiger partial charge is 0.477 e. The number of benzene rings is 1. The first-order valence-electron chi connectivity index (χ1n) is 8.58. The molecule has 0 radical (unpaired) electrons. The summed E-state index contributed by atoms with van der Waals surface area (Å²) < 4.78 is 36.8. The maximum atomic E-state index is 12.5. The van der Waals surface area contributed by atoms with Crippen LogP contribution >= 0.6 is 0 Å². The van der Waals surface area contributed by atoms with Gasteiger partial charge in [0, 0.05) is 32.2 Å². The number of amides is 1. The molecule has 0 saturated carbocycles. The number of rotatable bonds is 8. The molecule has 0 N–H and O–H groups in total. The Morgan fingerprint density at radius 3 is 2.48 bits per heavy atom. The molecule has 0 aliphatic carbocycles. The Balaban J connectivity index is 2.20. The van der Waals surface area contributed by atoms with Crippen molar-refractivity contribution in [2.45, 2.75) is 18.7 Å². The zero-order valence-electron chi connectivity index (χ0n) is 15.3. The molecule has 10 nitrogen and oxygen atoms in total. The second-order valence-electron chi connectivity index (χ2n) is 5.76. The lowest BCUT2D eigenvalue weighted by molar-refractivity contribution is -0.386. The predicted octanol–water partition coefficient (Wildman–Crippen LogP) is 0.863. The molecule has 1 aromatic carbocycles. The Morgan fingerprint density at radius 1 is 1.30 bits per heavy atom. The van der Waals surface area contributed by atoms with Crippen LogP contribution in [0.1, 0.15) is 13.8 Å². The van der Waals surface area contributed by atoms with Gasteiger partial charge in [0.2, 0.25) is 10.0 Å². The Morgan fingerprint density at radius 2 is 1.93 bits per heavy atom. The van der Waals surface area contributed by atoms with E-state index in [2.05, 4.69) is 0 Å². The average molecular weight is 401 g/mol. The van der Waals surface area contributed by atoms with Crippen molar-refractivity contribution in [1.29, 1.82) is 0 Å². The molecule has 1 saturated heterocycles. The quantitative estimate of drug-likeness (QED) is 0.468. The van der Waals surface area contributed by atoms with E-state index in [1.165, 1.54) is 16.4 Å². The van der Waals surface area contributed by atoms with Crippen molar-refractivity contribution in [2.24, 2.45) is 0 Å². The molecule has 1 aliphatic heterocycles. The number of ether oxygens (including phenoxy) is 2. The molecule has 0 atom stereocenters. The van der Waals surface area contributed by atoms with Crippen LogP contribution in [0.25, 0.3) is 0 Å². The standard InChI is InChI=1S/C16H23N3O7S/c1-3-18(4-2)27(23,24)13-5-6-15(14(11-13)19(21)22)26-12-16(20)17-7-9-25-10-8-17/h5-6,11H,3-4,7-10,12H2,1-2H3. The predicted molar refractivity (Wildman–Crippen MR) is 96.1 cm³/mol. The lowest BCUT2D eigenvalue weighted by atomic mass is 10.3. The van der Waals surface area contributed by atoms with Gasteiger partial charge in [-0.15, -0.1) is 0 Å². The number of carbonyl (C=O) groups excluding carboxylic acids is 1. The number of hydrogen-bond donors (Lipinski definition) is 0. The highest BCUT2D eigenvalue weighted by Crippen LogP contribution is 2.31. The van der Waals surface area contributed by atoms with Gasteiger partial charge < -0.3 is 14.4 Å². The van der Waals surface area contributed by atoms with Crippen LogP contribution < -0.4 is 4.74 Å². The molecule has 0 spiro atoms. The van der Waals surface area contributed by atoms with Crippen molar-refractivity contribution in [3.8, 4) is 5.75 Å². The number of nitrogens with zero attached hydrogens (tertiary/aromatic N) is 3. The summed E-state index contributed by atoms with van der Waals surface area (Å²) >= 11 is 0. The lowest BCUT2D eigenvalue weighted by Crippen LogP contribution is -2.43. The fraction of sp³-hybridized carbons (Fsp3) is 0.562.